The van der Waals surface area contributed by atoms with Gasteiger partial charge in [-0.3, -0.25) is 4.90 Å². The third-order valence-electron chi connectivity index (χ3n) is 4.81. The van der Waals surface area contributed by atoms with E-state index in [0.29, 0.717) is 0 Å². The van der Waals surface area contributed by atoms with Crippen molar-refractivity contribution in [2.24, 2.45) is 0 Å². The molecule has 0 saturated heterocycles. The number of aromatic nitrogens is 3. The Morgan fingerprint density at radius 1 is 0.875 bits per heavy atom. The Hall–Kier alpha value is -2.46. The fourth-order valence-electron chi connectivity index (χ4n) is 3.35. The second-order valence-corrected chi connectivity index (χ2v) is 6.41. The van der Waals surface area contributed by atoms with Crippen molar-refractivity contribution in [2.45, 2.75) is 26.4 Å². The van der Waals surface area contributed by atoms with Crippen LogP contribution in [0.2, 0.25) is 0 Å². The number of hydrogen-bond acceptors (Lipinski definition) is 3. The first-order chi connectivity index (χ1) is 11.8. The molecule has 0 bridgehead atoms. The topological polar surface area (TPSA) is 34.0 Å². The minimum Gasteiger partial charge on any atom is -0.310 e. The predicted molar refractivity (Wildman–Crippen MR) is 95.6 cm³/mol. The first kappa shape index (κ1) is 15.1. The normalized spacial score (nSPS) is 15.0. The van der Waals surface area contributed by atoms with Crippen molar-refractivity contribution < 1.29 is 0 Å². The number of rotatable bonds is 3. The number of aryl methyl sites for hydroxylation is 1. The summed E-state index contributed by atoms with van der Waals surface area (Å²) in [4.78, 5) is 2.52. The van der Waals surface area contributed by atoms with Gasteiger partial charge < -0.3 is 4.57 Å². The van der Waals surface area contributed by atoms with Crippen molar-refractivity contribution in [1.82, 2.24) is 19.7 Å². The summed E-state index contributed by atoms with van der Waals surface area (Å²) in [5.74, 6) is 2.09. The molecule has 0 N–H and O–H groups in total. The van der Waals surface area contributed by atoms with Crippen LogP contribution in [0.3, 0.4) is 0 Å². The van der Waals surface area contributed by atoms with E-state index >= 15 is 0 Å². The number of fused-ring (bicyclic) bond motifs is 1. The van der Waals surface area contributed by atoms with Crippen LogP contribution in [0.1, 0.15) is 17.0 Å². The van der Waals surface area contributed by atoms with Gasteiger partial charge in [0.1, 0.15) is 5.82 Å². The van der Waals surface area contributed by atoms with Gasteiger partial charge in [0.25, 0.3) is 0 Å². The van der Waals surface area contributed by atoms with Gasteiger partial charge in [0.15, 0.2) is 5.82 Å². The molecule has 1 aliphatic heterocycles. The van der Waals surface area contributed by atoms with Crippen molar-refractivity contribution in [3.8, 4) is 11.4 Å². The SMILES string of the molecule is Cc1ccccc1CN1CCc2nnc(-c3ccccc3)n2CC1. The van der Waals surface area contributed by atoms with Crippen LogP contribution in [-0.4, -0.2) is 32.8 Å². The molecule has 24 heavy (non-hydrogen) atoms. The summed E-state index contributed by atoms with van der Waals surface area (Å²) < 4.78 is 2.28. The maximum Gasteiger partial charge on any atom is 0.164 e. The highest BCUT2D eigenvalue weighted by Gasteiger charge is 2.19. The third-order valence-corrected chi connectivity index (χ3v) is 4.81. The fraction of sp³-hybridized carbons (Fsp3) is 0.300. The van der Waals surface area contributed by atoms with Gasteiger partial charge >= 0.3 is 0 Å². The van der Waals surface area contributed by atoms with Gasteiger partial charge in [-0.2, -0.15) is 0 Å². The number of hydrogen-bond donors (Lipinski definition) is 0. The summed E-state index contributed by atoms with van der Waals surface area (Å²) in [7, 11) is 0. The second kappa shape index (κ2) is 6.57. The minimum absolute atomic E-state index is 0.943. The highest BCUT2D eigenvalue weighted by Crippen LogP contribution is 2.21. The molecule has 0 unspecified atom stereocenters. The fourth-order valence-corrected chi connectivity index (χ4v) is 3.35. The zero-order valence-corrected chi connectivity index (χ0v) is 14.0. The highest BCUT2D eigenvalue weighted by atomic mass is 15.3. The lowest BCUT2D eigenvalue weighted by Gasteiger charge is -2.20. The van der Waals surface area contributed by atoms with Crippen LogP contribution in [0, 0.1) is 6.92 Å². The second-order valence-electron chi connectivity index (χ2n) is 6.41. The van der Waals surface area contributed by atoms with Crippen molar-refractivity contribution >= 4 is 0 Å². The average Bonchev–Trinajstić information content (AvgIpc) is 2.92. The summed E-state index contributed by atoms with van der Waals surface area (Å²) in [5, 5.41) is 8.87. The van der Waals surface area contributed by atoms with Gasteiger partial charge in [-0.05, 0) is 18.1 Å². The molecular formula is C20H22N4. The molecule has 0 atom stereocenters. The smallest absolute Gasteiger partial charge is 0.164 e. The molecule has 0 fully saturated rings. The van der Waals surface area contributed by atoms with Crippen molar-refractivity contribution in [3.63, 3.8) is 0 Å². The molecule has 1 aromatic heterocycles. The van der Waals surface area contributed by atoms with Crippen LogP contribution in [0.15, 0.2) is 54.6 Å². The number of benzene rings is 2. The molecule has 4 nitrogen and oxygen atoms in total. The molecule has 122 valence electrons. The maximum absolute atomic E-state index is 4.44. The zero-order chi connectivity index (χ0) is 16.4. The van der Waals surface area contributed by atoms with E-state index in [1.54, 1.807) is 0 Å². The molecule has 0 radical (unpaired) electrons. The molecule has 1 aliphatic rings. The third kappa shape index (κ3) is 2.97. The van der Waals surface area contributed by atoms with E-state index in [-0.39, 0.29) is 0 Å². The molecule has 0 aliphatic carbocycles. The van der Waals surface area contributed by atoms with Crippen LogP contribution in [0.5, 0.6) is 0 Å². The van der Waals surface area contributed by atoms with Gasteiger partial charge in [0, 0.05) is 38.2 Å². The van der Waals surface area contributed by atoms with Crippen LogP contribution in [0.25, 0.3) is 11.4 Å². The van der Waals surface area contributed by atoms with E-state index in [1.807, 2.05) is 6.07 Å². The van der Waals surface area contributed by atoms with Gasteiger partial charge in [-0.25, -0.2) is 0 Å². The predicted octanol–water partition coefficient (Wildman–Crippen LogP) is 3.31. The van der Waals surface area contributed by atoms with Crippen LogP contribution in [0.4, 0.5) is 0 Å². The molecule has 2 heterocycles. The Labute approximate surface area is 142 Å². The Morgan fingerprint density at radius 2 is 1.67 bits per heavy atom. The minimum atomic E-state index is 0.943. The molecule has 2 aromatic carbocycles. The quantitative estimate of drug-likeness (QED) is 0.743. The Balaban J connectivity index is 1.53. The first-order valence-electron chi connectivity index (χ1n) is 8.55. The Morgan fingerprint density at radius 3 is 2.50 bits per heavy atom. The standard InChI is InChI=1S/C20H22N4/c1-16-7-5-6-10-18(16)15-23-12-11-19-21-22-20(24(19)14-13-23)17-8-3-2-4-9-17/h2-10H,11-15H2,1H3. The lowest BCUT2D eigenvalue weighted by atomic mass is 10.1. The Kier molecular flexibility index (Phi) is 4.13. The van der Waals surface area contributed by atoms with E-state index in [2.05, 4.69) is 75.1 Å². The van der Waals surface area contributed by atoms with Crippen molar-refractivity contribution in [1.29, 1.82) is 0 Å². The van der Waals surface area contributed by atoms with Crippen LogP contribution < -0.4 is 0 Å². The van der Waals surface area contributed by atoms with Gasteiger partial charge in [-0.15, -0.1) is 10.2 Å². The summed E-state index contributed by atoms with van der Waals surface area (Å²) in [5.41, 5.74) is 3.92. The van der Waals surface area contributed by atoms with E-state index in [1.165, 1.54) is 11.1 Å². The number of nitrogens with zero attached hydrogens (tertiary/aromatic N) is 4. The summed E-state index contributed by atoms with van der Waals surface area (Å²) in [6.07, 6.45) is 0.950. The van der Waals surface area contributed by atoms with E-state index in [4.69, 9.17) is 0 Å². The monoisotopic (exact) mass is 318 g/mol. The zero-order valence-electron chi connectivity index (χ0n) is 14.0. The molecule has 0 saturated carbocycles. The average molecular weight is 318 g/mol. The van der Waals surface area contributed by atoms with Gasteiger partial charge in [0.2, 0.25) is 0 Å². The Bertz CT molecular complexity index is 823. The summed E-state index contributed by atoms with van der Waals surface area (Å²) in [6.45, 7) is 6.19. The van der Waals surface area contributed by atoms with E-state index in [0.717, 1.165) is 49.8 Å². The molecule has 4 rings (SSSR count). The molecule has 0 amide bonds. The van der Waals surface area contributed by atoms with Gasteiger partial charge in [-0.1, -0.05) is 54.6 Å². The first-order valence-corrected chi connectivity index (χ1v) is 8.55. The van der Waals surface area contributed by atoms with Gasteiger partial charge in [0.05, 0.1) is 0 Å². The lowest BCUT2D eigenvalue weighted by Crippen LogP contribution is -2.27. The maximum atomic E-state index is 4.44. The molecule has 4 heteroatoms. The van der Waals surface area contributed by atoms with E-state index in [9.17, 15) is 0 Å². The molecule has 3 aromatic rings. The largest absolute Gasteiger partial charge is 0.310 e. The highest BCUT2D eigenvalue weighted by molar-refractivity contribution is 5.55. The van der Waals surface area contributed by atoms with E-state index < -0.39 is 0 Å². The summed E-state index contributed by atoms with van der Waals surface area (Å²) >= 11 is 0. The van der Waals surface area contributed by atoms with Crippen molar-refractivity contribution in [2.75, 3.05) is 13.1 Å². The van der Waals surface area contributed by atoms with Crippen LogP contribution >= 0.6 is 0 Å². The lowest BCUT2D eigenvalue weighted by molar-refractivity contribution is 0.271. The molecular weight excluding hydrogens is 296 g/mol. The molecule has 0 spiro atoms. The summed E-state index contributed by atoms with van der Waals surface area (Å²) in [6, 6.07) is 19.0. The van der Waals surface area contributed by atoms with Crippen LogP contribution in [-0.2, 0) is 19.5 Å². The van der Waals surface area contributed by atoms with Crippen molar-refractivity contribution in [3.05, 3.63) is 71.5 Å².